The minimum absolute atomic E-state index is 0.217. The van der Waals surface area contributed by atoms with E-state index >= 15 is 0 Å². The molecule has 0 saturated carbocycles. The Labute approximate surface area is 218 Å². The number of hydrogen-bond acceptors (Lipinski definition) is 7. The normalized spacial score (nSPS) is 18.4. The molecule has 0 amide bonds. The summed E-state index contributed by atoms with van der Waals surface area (Å²) in [4.78, 5) is 6.82. The van der Waals surface area contributed by atoms with E-state index in [1.165, 1.54) is 0 Å². The van der Waals surface area contributed by atoms with Gasteiger partial charge in [0.15, 0.2) is 11.5 Å². The Balaban J connectivity index is 1.12. The highest BCUT2D eigenvalue weighted by Gasteiger charge is 2.33. The third-order valence-corrected chi connectivity index (χ3v) is 9.04. The van der Waals surface area contributed by atoms with Gasteiger partial charge < -0.3 is 19.1 Å². The number of benzene rings is 2. The molecule has 0 atom stereocenters. The van der Waals surface area contributed by atoms with Crippen molar-refractivity contribution in [1.82, 2.24) is 14.2 Å². The van der Waals surface area contributed by atoms with Crippen LogP contribution >= 0.6 is 0 Å². The van der Waals surface area contributed by atoms with Crippen LogP contribution in [0.2, 0.25) is 0 Å². The number of aromatic nitrogens is 1. The van der Waals surface area contributed by atoms with E-state index in [4.69, 9.17) is 14.2 Å². The van der Waals surface area contributed by atoms with Gasteiger partial charge in [-0.25, -0.2) is 8.42 Å². The van der Waals surface area contributed by atoms with Crippen LogP contribution < -0.4 is 14.2 Å². The first-order valence-corrected chi connectivity index (χ1v) is 14.2. The van der Waals surface area contributed by atoms with E-state index in [9.17, 15) is 8.42 Å². The lowest BCUT2D eigenvalue weighted by atomic mass is 10.00. The average molecular weight is 524 g/mol. The second kappa shape index (κ2) is 11.5. The van der Waals surface area contributed by atoms with Crippen molar-refractivity contribution >= 4 is 10.0 Å². The van der Waals surface area contributed by atoms with Crippen LogP contribution in [0.1, 0.15) is 25.7 Å². The molecule has 2 fully saturated rings. The summed E-state index contributed by atoms with van der Waals surface area (Å²) in [7, 11) is -1.97. The molecule has 196 valence electrons. The predicted octanol–water partition coefficient (Wildman–Crippen LogP) is 4.58. The number of nitrogens with zero attached hydrogens (tertiary/aromatic N) is 3. The fourth-order valence-electron chi connectivity index (χ4n) is 5.07. The highest BCUT2D eigenvalue weighted by atomic mass is 32.2. The van der Waals surface area contributed by atoms with Crippen LogP contribution in [0.3, 0.4) is 0 Å². The predicted molar refractivity (Wildman–Crippen MR) is 141 cm³/mol. The van der Waals surface area contributed by atoms with Crippen LogP contribution in [0.5, 0.6) is 23.0 Å². The summed E-state index contributed by atoms with van der Waals surface area (Å²) in [6, 6.07) is 18.1. The molecular weight excluding hydrogens is 490 g/mol. The first-order valence-electron chi connectivity index (χ1n) is 12.7. The Morgan fingerprint density at radius 1 is 0.784 bits per heavy atom. The zero-order valence-electron chi connectivity index (χ0n) is 21.0. The van der Waals surface area contributed by atoms with Crippen molar-refractivity contribution in [1.29, 1.82) is 0 Å². The van der Waals surface area contributed by atoms with Gasteiger partial charge in [-0.3, -0.25) is 4.98 Å². The fraction of sp³-hybridized carbons (Fsp3) is 0.393. The first kappa shape index (κ1) is 25.5. The van der Waals surface area contributed by atoms with Crippen molar-refractivity contribution in [3.63, 3.8) is 0 Å². The molecule has 9 heteroatoms. The summed E-state index contributed by atoms with van der Waals surface area (Å²) in [5, 5.41) is 0. The van der Waals surface area contributed by atoms with Gasteiger partial charge in [-0.15, -0.1) is 0 Å². The van der Waals surface area contributed by atoms with Crippen molar-refractivity contribution in [2.75, 3.05) is 33.3 Å². The Morgan fingerprint density at radius 3 is 2.08 bits per heavy atom. The van der Waals surface area contributed by atoms with E-state index in [-0.39, 0.29) is 11.0 Å². The minimum Gasteiger partial charge on any atom is -0.493 e. The molecule has 1 aromatic heterocycles. The summed E-state index contributed by atoms with van der Waals surface area (Å²) in [5.41, 5.74) is 0. The summed E-state index contributed by atoms with van der Waals surface area (Å²) in [5.74, 6) is 2.62. The number of para-hydroxylation sites is 2. The zero-order valence-corrected chi connectivity index (χ0v) is 21.8. The largest absolute Gasteiger partial charge is 0.493 e. The number of rotatable bonds is 8. The highest BCUT2D eigenvalue weighted by Crippen LogP contribution is 2.32. The molecule has 0 unspecified atom stereocenters. The van der Waals surface area contributed by atoms with Crippen molar-refractivity contribution in [2.24, 2.45) is 0 Å². The maximum atomic E-state index is 13.3. The lowest BCUT2D eigenvalue weighted by Crippen LogP contribution is -2.50. The molecule has 3 aromatic rings. The molecule has 3 heterocycles. The fourth-order valence-corrected chi connectivity index (χ4v) is 6.54. The van der Waals surface area contributed by atoms with E-state index in [2.05, 4.69) is 9.88 Å². The van der Waals surface area contributed by atoms with Crippen molar-refractivity contribution in [2.45, 2.75) is 42.7 Å². The maximum absolute atomic E-state index is 13.3. The van der Waals surface area contributed by atoms with E-state index < -0.39 is 10.0 Å². The van der Waals surface area contributed by atoms with Crippen LogP contribution in [0.4, 0.5) is 0 Å². The monoisotopic (exact) mass is 523 g/mol. The van der Waals surface area contributed by atoms with Crippen LogP contribution in [0.15, 0.2) is 78.0 Å². The Bertz CT molecular complexity index is 1250. The number of likely N-dealkylation sites (tertiary alicyclic amines) is 1. The van der Waals surface area contributed by atoms with Gasteiger partial charge in [0.25, 0.3) is 0 Å². The summed E-state index contributed by atoms with van der Waals surface area (Å²) in [6.07, 6.45) is 7.34. The smallest absolute Gasteiger partial charge is 0.243 e. The lowest BCUT2D eigenvalue weighted by Gasteiger charge is -2.41. The third kappa shape index (κ3) is 6.06. The average Bonchev–Trinajstić information content (AvgIpc) is 2.95. The number of hydrogen-bond donors (Lipinski definition) is 0. The minimum atomic E-state index is -3.55. The van der Waals surface area contributed by atoms with E-state index in [0.29, 0.717) is 36.4 Å². The Kier molecular flexibility index (Phi) is 7.93. The van der Waals surface area contributed by atoms with Gasteiger partial charge in [0.1, 0.15) is 17.6 Å². The van der Waals surface area contributed by atoms with Gasteiger partial charge in [0.2, 0.25) is 10.0 Å². The molecule has 8 nitrogen and oxygen atoms in total. The Hall–Kier alpha value is -3.14. The standard InChI is InChI=1S/C28H33N3O5S/c1-34-27-4-2-3-5-28(27)36-23-6-8-26(9-7-23)37(32,33)31-20-12-22(13-21-31)30-18-14-25(15-19-30)35-24-10-16-29-17-11-24/h2-11,16-17,22,25H,12-15,18-21H2,1H3. The molecule has 2 saturated heterocycles. The number of pyridine rings is 1. The quantitative estimate of drug-likeness (QED) is 0.428. The van der Waals surface area contributed by atoms with Crippen LogP contribution in [0.25, 0.3) is 0 Å². The molecule has 2 aromatic carbocycles. The summed E-state index contributed by atoms with van der Waals surface area (Å²) >= 11 is 0. The molecule has 0 bridgehead atoms. The van der Waals surface area contributed by atoms with Crippen molar-refractivity contribution in [3.05, 3.63) is 73.1 Å². The Morgan fingerprint density at radius 2 is 1.43 bits per heavy atom. The van der Waals surface area contributed by atoms with Crippen molar-refractivity contribution in [3.8, 4) is 23.0 Å². The molecule has 37 heavy (non-hydrogen) atoms. The molecule has 0 aliphatic carbocycles. The molecule has 5 rings (SSSR count). The third-order valence-electron chi connectivity index (χ3n) is 7.13. The van der Waals surface area contributed by atoms with E-state index in [0.717, 1.165) is 44.5 Å². The van der Waals surface area contributed by atoms with Crippen LogP contribution in [-0.4, -0.2) is 68.0 Å². The molecule has 0 spiro atoms. The van der Waals surface area contributed by atoms with E-state index in [1.54, 1.807) is 48.1 Å². The molecule has 2 aliphatic rings. The van der Waals surface area contributed by atoms with Gasteiger partial charge in [-0.05, 0) is 74.2 Å². The SMILES string of the molecule is COc1ccccc1Oc1ccc(S(=O)(=O)N2CCC(N3CCC(Oc4ccncc4)CC3)CC2)cc1. The second-order valence-electron chi connectivity index (χ2n) is 9.40. The topological polar surface area (TPSA) is 81.2 Å². The number of sulfonamides is 1. The molecule has 2 aliphatic heterocycles. The lowest BCUT2D eigenvalue weighted by molar-refractivity contribution is 0.0585. The van der Waals surface area contributed by atoms with Gasteiger partial charge in [-0.1, -0.05) is 12.1 Å². The molecule has 0 radical (unpaired) electrons. The summed E-state index contributed by atoms with van der Waals surface area (Å²) in [6.45, 7) is 3.00. The maximum Gasteiger partial charge on any atom is 0.243 e. The highest BCUT2D eigenvalue weighted by molar-refractivity contribution is 7.89. The number of methoxy groups -OCH3 is 1. The number of ether oxygens (including phenoxy) is 3. The number of piperidine rings is 2. The zero-order chi connectivity index (χ0) is 25.7. The van der Waals surface area contributed by atoms with Gasteiger partial charge in [0.05, 0.1) is 12.0 Å². The van der Waals surface area contributed by atoms with Crippen LogP contribution in [0, 0.1) is 0 Å². The first-order chi connectivity index (χ1) is 18.0. The van der Waals surface area contributed by atoms with Crippen LogP contribution in [-0.2, 0) is 10.0 Å². The second-order valence-corrected chi connectivity index (χ2v) is 11.3. The van der Waals surface area contributed by atoms with Gasteiger partial charge in [0, 0.05) is 44.6 Å². The molecular formula is C28H33N3O5S. The van der Waals surface area contributed by atoms with Crippen molar-refractivity contribution < 1.29 is 22.6 Å². The van der Waals surface area contributed by atoms with Gasteiger partial charge in [-0.2, -0.15) is 4.31 Å². The van der Waals surface area contributed by atoms with E-state index in [1.807, 2.05) is 36.4 Å². The summed E-state index contributed by atoms with van der Waals surface area (Å²) < 4.78 is 45.5. The van der Waals surface area contributed by atoms with Gasteiger partial charge >= 0.3 is 0 Å². The molecule has 0 N–H and O–H groups in total.